The van der Waals surface area contributed by atoms with Crippen LogP contribution in [0.4, 0.5) is 11.9 Å². The first-order valence-corrected chi connectivity index (χ1v) is 5.58. The maximum atomic E-state index is 5.57. The minimum Gasteiger partial charge on any atom is -0.464 e. The van der Waals surface area contributed by atoms with Crippen molar-refractivity contribution >= 4 is 11.9 Å². The summed E-state index contributed by atoms with van der Waals surface area (Å²) in [6.45, 7) is 4.62. The Morgan fingerprint density at radius 3 is 2.75 bits per heavy atom. The molecule has 2 rings (SSSR count). The van der Waals surface area contributed by atoms with Gasteiger partial charge in [0.05, 0.1) is 6.61 Å². The van der Waals surface area contributed by atoms with Crippen molar-refractivity contribution in [1.82, 2.24) is 15.0 Å². The lowest BCUT2D eigenvalue weighted by Gasteiger charge is -2.33. The molecule has 0 saturated heterocycles. The molecule has 1 aromatic rings. The van der Waals surface area contributed by atoms with Crippen molar-refractivity contribution in [2.24, 2.45) is 5.92 Å². The highest BCUT2D eigenvalue weighted by Crippen LogP contribution is 2.28. The molecule has 0 radical (unpaired) electrons. The van der Waals surface area contributed by atoms with Crippen molar-refractivity contribution in [3.05, 3.63) is 0 Å². The lowest BCUT2D eigenvalue weighted by molar-refractivity contribution is 0.303. The molecular weight excluding hydrogens is 206 g/mol. The minimum atomic E-state index is 0.188. The third-order valence-electron chi connectivity index (χ3n) is 2.61. The zero-order valence-corrected chi connectivity index (χ0v) is 9.60. The highest BCUT2D eigenvalue weighted by molar-refractivity contribution is 5.34. The fraction of sp³-hybridized carbons (Fsp3) is 0.700. The minimum absolute atomic E-state index is 0.188. The number of nitrogens with two attached hydrogens (primary N) is 1. The van der Waals surface area contributed by atoms with Crippen LogP contribution in [0.25, 0.3) is 0 Å². The molecular formula is C10H17N5O. The molecule has 6 heteroatoms. The number of anilines is 2. The number of ether oxygens (including phenoxy) is 1. The van der Waals surface area contributed by atoms with Gasteiger partial charge in [-0.3, -0.25) is 0 Å². The predicted molar refractivity (Wildman–Crippen MR) is 61.2 cm³/mol. The van der Waals surface area contributed by atoms with E-state index in [4.69, 9.17) is 10.5 Å². The molecule has 3 N–H and O–H groups in total. The topological polar surface area (TPSA) is 86.0 Å². The van der Waals surface area contributed by atoms with Crippen molar-refractivity contribution in [2.75, 3.05) is 17.7 Å². The molecule has 0 atom stereocenters. The van der Waals surface area contributed by atoms with Crippen LogP contribution in [0, 0.1) is 5.92 Å². The summed E-state index contributed by atoms with van der Waals surface area (Å²) in [6.07, 6.45) is 2.30. The molecule has 88 valence electrons. The zero-order chi connectivity index (χ0) is 11.5. The number of nitrogen functional groups attached to an aromatic ring is 1. The van der Waals surface area contributed by atoms with Gasteiger partial charge in [-0.1, -0.05) is 6.92 Å². The van der Waals surface area contributed by atoms with Crippen LogP contribution >= 0.6 is 0 Å². The Morgan fingerprint density at radius 2 is 2.12 bits per heavy atom. The number of nitrogens with zero attached hydrogens (tertiary/aromatic N) is 3. The molecule has 1 aliphatic carbocycles. The van der Waals surface area contributed by atoms with Gasteiger partial charge in [0.1, 0.15) is 0 Å². The van der Waals surface area contributed by atoms with E-state index in [1.165, 1.54) is 0 Å². The maximum absolute atomic E-state index is 5.57. The molecule has 0 aliphatic heterocycles. The molecule has 1 aliphatic rings. The number of aromatic nitrogens is 3. The first kappa shape index (κ1) is 10.9. The number of nitrogens with one attached hydrogen (secondary N) is 1. The molecule has 1 aromatic heterocycles. The second-order valence-electron chi connectivity index (χ2n) is 4.15. The van der Waals surface area contributed by atoms with Crippen molar-refractivity contribution < 1.29 is 4.74 Å². The van der Waals surface area contributed by atoms with Crippen LogP contribution in [0.3, 0.4) is 0 Å². The second-order valence-corrected chi connectivity index (χ2v) is 4.15. The standard InChI is InChI=1S/C10H17N5O/c1-3-16-10-14-8(11)13-9(15-10)12-7-4-6(2)5-7/h6-7H,3-5H2,1-2H3,(H3,11,12,13,14,15). The molecule has 0 amide bonds. The van der Waals surface area contributed by atoms with Gasteiger partial charge < -0.3 is 15.8 Å². The SMILES string of the molecule is CCOc1nc(N)nc(NC2CC(C)C2)n1. The molecule has 0 unspecified atom stereocenters. The highest BCUT2D eigenvalue weighted by atomic mass is 16.5. The molecule has 6 nitrogen and oxygen atoms in total. The number of hydrogen-bond acceptors (Lipinski definition) is 6. The lowest BCUT2D eigenvalue weighted by Crippen LogP contribution is -2.34. The Kier molecular flexibility index (Phi) is 3.07. The molecule has 0 bridgehead atoms. The van der Waals surface area contributed by atoms with Gasteiger partial charge in [-0.25, -0.2) is 0 Å². The number of hydrogen-bond donors (Lipinski definition) is 2. The Labute approximate surface area is 94.6 Å². The van der Waals surface area contributed by atoms with Crippen LogP contribution in [0.1, 0.15) is 26.7 Å². The number of rotatable bonds is 4. The largest absolute Gasteiger partial charge is 0.464 e. The normalized spacial score (nSPS) is 23.6. The van der Waals surface area contributed by atoms with E-state index < -0.39 is 0 Å². The van der Waals surface area contributed by atoms with E-state index in [2.05, 4.69) is 27.2 Å². The van der Waals surface area contributed by atoms with E-state index in [0.29, 0.717) is 18.6 Å². The van der Waals surface area contributed by atoms with E-state index in [0.717, 1.165) is 18.8 Å². The lowest BCUT2D eigenvalue weighted by atomic mass is 9.82. The van der Waals surface area contributed by atoms with Gasteiger partial charge in [-0.2, -0.15) is 15.0 Å². The van der Waals surface area contributed by atoms with Crippen LogP contribution in [0.5, 0.6) is 6.01 Å². The van der Waals surface area contributed by atoms with E-state index in [9.17, 15) is 0 Å². The average Bonchev–Trinajstić information content (AvgIpc) is 2.15. The Balaban J connectivity index is 2.02. The van der Waals surface area contributed by atoms with Gasteiger partial charge in [0.2, 0.25) is 11.9 Å². The zero-order valence-electron chi connectivity index (χ0n) is 9.60. The van der Waals surface area contributed by atoms with Gasteiger partial charge in [0, 0.05) is 6.04 Å². The molecule has 1 heterocycles. The quantitative estimate of drug-likeness (QED) is 0.793. The third-order valence-corrected chi connectivity index (χ3v) is 2.61. The van der Waals surface area contributed by atoms with E-state index >= 15 is 0 Å². The van der Waals surface area contributed by atoms with Crippen molar-refractivity contribution in [3.8, 4) is 6.01 Å². The summed E-state index contributed by atoms with van der Waals surface area (Å²) in [6, 6.07) is 0.733. The molecule has 0 aromatic carbocycles. The van der Waals surface area contributed by atoms with Crippen molar-refractivity contribution in [1.29, 1.82) is 0 Å². The Bertz CT molecular complexity index is 364. The van der Waals surface area contributed by atoms with Crippen LogP contribution < -0.4 is 15.8 Å². The predicted octanol–water partition coefficient (Wildman–Crippen LogP) is 1.06. The summed E-state index contributed by atoms with van der Waals surface area (Å²) in [7, 11) is 0. The Morgan fingerprint density at radius 1 is 1.38 bits per heavy atom. The maximum Gasteiger partial charge on any atom is 0.323 e. The Hall–Kier alpha value is -1.59. The summed E-state index contributed by atoms with van der Waals surface area (Å²) >= 11 is 0. The van der Waals surface area contributed by atoms with Crippen molar-refractivity contribution in [2.45, 2.75) is 32.7 Å². The van der Waals surface area contributed by atoms with Gasteiger partial charge in [0.15, 0.2) is 0 Å². The van der Waals surface area contributed by atoms with Gasteiger partial charge in [-0.05, 0) is 25.7 Å². The van der Waals surface area contributed by atoms with Gasteiger partial charge >= 0.3 is 6.01 Å². The van der Waals surface area contributed by atoms with E-state index in [1.807, 2.05) is 6.92 Å². The van der Waals surface area contributed by atoms with Crippen LogP contribution in [0.2, 0.25) is 0 Å². The summed E-state index contributed by atoms with van der Waals surface area (Å²) in [5.74, 6) is 1.48. The average molecular weight is 223 g/mol. The summed E-state index contributed by atoms with van der Waals surface area (Å²) in [5.41, 5.74) is 5.57. The van der Waals surface area contributed by atoms with Crippen LogP contribution in [-0.4, -0.2) is 27.6 Å². The van der Waals surface area contributed by atoms with Gasteiger partial charge in [-0.15, -0.1) is 0 Å². The van der Waals surface area contributed by atoms with Crippen LogP contribution in [-0.2, 0) is 0 Å². The fourth-order valence-corrected chi connectivity index (χ4v) is 1.83. The highest BCUT2D eigenvalue weighted by Gasteiger charge is 2.25. The molecule has 16 heavy (non-hydrogen) atoms. The van der Waals surface area contributed by atoms with Crippen LogP contribution in [0.15, 0.2) is 0 Å². The first-order valence-electron chi connectivity index (χ1n) is 5.58. The molecule has 0 spiro atoms. The third kappa shape index (κ3) is 2.50. The smallest absolute Gasteiger partial charge is 0.323 e. The summed E-state index contributed by atoms with van der Waals surface area (Å²) < 4.78 is 5.20. The molecule has 1 saturated carbocycles. The second kappa shape index (κ2) is 4.51. The van der Waals surface area contributed by atoms with Crippen molar-refractivity contribution in [3.63, 3.8) is 0 Å². The van der Waals surface area contributed by atoms with E-state index in [-0.39, 0.29) is 12.0 Å². The van der Waals surface area contributed by atoms with E-state index in [1.54, 1.807) is 0 Å². The first-order chi connectivity index (χ1) is 7.67. The fourth-order valence-electron chi connectivity index (χ4n) is 1.83. The summed E-state index contributed by atoms with van der Waals surface area (Å²) in [4.78, 5) is 12.0. The monoisotopic (exact) mass is 223 g/mol. The van der Waals surface area contributed by atoms with Gasteiger partial charge in [0.25, 0.3) is 0 Å². The molecule has 1 fully saturated rings. The summed E-state index contributed by atoms with van der Waals surface area (Å²) in [5, 5.41) is 3.23.